The van der Waals surface area contributed by atoms with Crippen LogP contribution in [0.1, 0.15) is 17.2 Å². The number of benzene rings is 1. The summed E-state index contributed by atoms with van der Waals surface area (Å²) in [4.78, 5) is 10.5. The second-order valence-corrected chi connectivity index (χ2v) is 5.74. The number of nitro groups is 1. The minimum absolute atomic E-state index is 0.0555. The van der Waals surface area contributed by atoms with Crippen molar-refractivity contribution < 1.29 is 13.9 Å². The Morgan fingerprint density at radius 2 is 2.00 bits per heavy atom. The van der Waals surface area contributed by atoms with Crippen LogP contribution in [0.5, 0.6) is 0 Å². The van der Waals surface area contributed by atoms with Gasteiger partial charge in [0.25, 0.3) is 0 Å². The number of furan rings is 1. The fourth-order valence-corrected chi connectivity index (χ4v) is 2.65. The highest BCUT2D eigenvalue weighted by molar-refractivity contribution is 6.36. The highest BCUT2D eigenvalue weighted by atomic mass is 35.5. The van der Waals surface area contributed by atoms with Gasteiger partial charge >= 0.3 is 5.69 Å². The van der Waals surface area contributed by atoms with E-state index in [9.17, 15) is 10.1 Å². The van der Waals surface area contributed by atoms with E-state index >= 15 is 0 Å². The molecular formula is C16H10Cl2N2O4. The van der Waals surface area contributed by atoms with Crippen LogP contribution in [0.4, 0.5) is 5.69 Å². The van der Waals surface area contributed by atoms with Gasteiger partial charge in [-0.05, 0) is 49.4 Å². The van der Waals surface area contributed by atoms with Crippen molar-refractivity contribution in [3.05, 3.63) is 67.7 Å². The Bertz CT molecular complexity index is 943. The first-order valence-electron chi connectivity index (χ1n) is 6.79. The zero-order chi connectivity index (χ0) is 17.3. The fraction of sp³-hybridized carbons (Fsp3) is 0.0625. The van der Waals surface area contributed by atoms with Crippen molar-refractivity contribution in [2.24, 2.45) is 0 Å². The van der Waals surface area contributed by atoms with Crippen molar-refractivity contribution in [2.75, 3.05) is 0 Å². The van der Waals surface area contributed by atoms with E-state index in [2.05, 4.69) is 5.16 Å². The first kappa shape index (κ1) is 16.3. The molecule has 0 N–H and O–H groups in total. The van der Waals surface area contributed by atoms with Crippen LogP contribution in [0, 0.1) is 17.0 Å². The number of halogens is 2. The molecule has 6 nitrogen and oxygen atoms in total. The molecule has 0 amide bonds. The Morgan fingerprint density at radius 3 is 2.71 bits per heavy atom. The van der Waals surface area contributed by atoms with Crippen LogP contribution >= 0.6 is 23.2 Å². The van der Waals surface area contributed by atoms with Crippen LogP contribution in [-0.4, -0.2) is 10.1 Å². The van der Waals surface area contributed by atoms with Crippen molar-refractivity contribution in [3.63, 3.8) is 0 Å². The minimum atomic E-state index is -0.535. The normalized spacial score (nSPS) is 11.3. The van der Waals surface area contributed by atoms with Crippen LogP contribution in [0.15, 0.2) is 39.3 Å². The molecular weight excluding hydrogens is 355 g/mol. The van der Waals surface area contributed by atoms with Gasteiger partial charge in [-0.15, -0.1) is 0 Å². The summed E-state index contributed by atoms with van der Waals surface area (Å²) in [7, 11) is 0. The van der Waals surface area contributed by atoms with E-state index in [0.29, 0.717) is 27.1 Å². The van der Waals surface area contributed by atoms with E-state index in [-0.39, 0.29) is 17.1 Å². The molecule has 0 saturated carbocycles. The van der Waals surface area contributed by atoms with Crippen molar-refractivity contribution >= 4 is 41.0 Å². The molecule has 3 rings (SSSR count). The molecule has 24 heavy (non-hydrogen) atoms. The highest BCUT2D eigenvalue weighted by Gasteiger charge is 2.22. The lowest BCUT2D eigenvalue weighted by atomic mass is 10.2. The zero-order valence-electron chi connectivity index (χ0n) is 12.3. The predicted octanol–water partition coefficient (Wildman–Crippen LogP) is 5.63. The lowest BCUT2D eigenvalue weighted by Crippen LogP contribution is -1.90. The maximum Gasteiger partial charge on any atom is 0.338 e. The van der Waals surface area contributed by atoms with Crippen molar-refractivity contribution in [1.82, 2.24) is 5.16 Å². The monoisotopic (exact) mass is 364 g/mol. The number of hydrogen-bond donors (Lipinski definition) is 0. The van der Waals surface area contributed by atoms with E-state index < -0.39 is 4.92 Å². The van der Waals surface area contributed by atoms with E-state index in [4.69, 9.17) is 32.1 Å². The smallest absolute Gasteiger partial charge is 0.338 e. The lowest BCUT2D eigenvalue weighted by molar-refractivity contribution is -0.386. The zero-order valence-corrected chi connectivity index (χ0v) is 13.8. The first-order chi connectivity index (χ1) is 11.5. The topological polar surface area (TPSA) is 82.3 Å². The molecule has 0 spiro atoms. The van der Waals surface area contributed by atoms with Crippen molar-refractivity contribution in [3.8, 4) is 11.3 Å². The van der Waals surface area contributed by atoms with Crippen LogP contribution < -0.4 is 0 Å². The second kappa shape index (κ2) is 6.51. The third-order valence-corrected chi connectivity index (χ3v) is 3.81. The van der Waals surface area contributed by atoms with E-state index in [1.807, 2.05) is 0 Å². The molecule has 0 atom stereocenters. The van der Waals surface area contributed by atoms with Gasteiger partial charge < -0.3 is 8.94 Å². The number of nitrogens with zero attached hydrogens (tertiary/aromatic N) is 2. The summed E-state index contributed by atoms with van der Waals surface area (Å²) < 4.78 is 10.6. The minimum Gasteiger partial charge on any atom is -0.457 e. The standard InChI is InChI=1S/C16H10Cl2N2O4/c1-9-16(20(21)22)15(24-19-9)7-4-11-3-6-14(23-11)12-5-2-10(17)8-13(12)18/h2-8H,1H3/b7-4+. The molecule has 0 aliphatic heterocycles. The third kappa shape index (κ3) is 3.20. The Hall–Kier alpha value is -2.57. The Balaban J connectivity index is 1.88. The van der Waals surface area contributed by atoms with Crippen LogP contribution in [0.3, 0.4) is 0 Å². The highest BCUT2D eigenvalue weighted by Crippen LogP contribution is 2.32. The summed E-state index contributed by atoms with van der Waals surface area (Å²) in [6.07, 6.45) is 2.99. The maximum absolute atomic E-state index is 11.0. The van der Waals surface area contributed by atoms with Gasteiger partial charge in [-0.3, -0.25) is 10.1 Å². The fourth-order valence-electron chi connectivity index (χ4n) is 2.15. The Morgan fingerprint density at radius 1 is 1.21 bits per heavy atom. The van der Waals surface area contributed by atoms with Gasteiger partial charge in [-0.25, -0.2) is 0 Å². The molecule has 0 bridgehead atoms. The quantitative estimate of drug-likeness (QED) is 0.442. The summed E-state index contributed by atoms with van der Waals surface area (Å²) >= 11 is 12.0. The molecule has 1 aromatic carbocycles. The Kier molecular flexibility index (Phi) is 4.42. The number of aromatic nitrogens is 1. The van der Waals surface area contributed by atoms with Crippen molar-refractivity contribution in [2.45, 2.75) is 6.92 Å². The number of rotatable bonds is 4. The van der Waals surface area contributed by atoms with Gasteiger partial charge in [-0.1, -0.05) is 28.4 Å². The molecule has 0 saturated heterocycles. The molecule has 2 aromatic heterocycles. The predicted molar refractivity (Wildman–Crippen MR) is 91.0 cm³/mol. The van der Waals surface area contributed by atoms with Gasteiger partial charge in [-0.2, -0.15) is 0 Å². The number of aryl methyl sites for hydroxylation is 1. The van der Waals surface area contributed by atoms with E-state index in [0.717, 1.165) is 0 Å². The summed E-state index contributed by atoms with van der Waals surface area (Å²) in [5.74, 6) is 1.10. The van der Waals surface area contributed by atoms with Crippen LogP contribution in [-0.2, 0) is 0 Å². The summed E-state index contributed by atoms with van der Waals surface area (Å²) in [6, 6.07) is 8.54. The van der Waals surface area contributed by atoms with E-state index in [1.54, 1.807) is 36.4 Å². The molecule has 3 aromatic rings. The summed E-state index contributed by atoms with van der Waals surface area (Å²) in [5, 5.41) is 15.6. The van der Waals surface area contributed by atoms with Crippen LogP contribution in [0.25, 0.3) is 23.5 Å². The SMILES string of the molecule is Cc1noc(/C=C/c2ccc(-c3ccc(Cl)cc3Cl)o2)c1[N+](=O)[O-]. The molecule has 2 heterocycles. The van der Waals surface area contributed by atoms with Crippen molar-refractivity contribution in [1.29, 1.82) is 0 Å². The van der Waals surface area contributed by atoms with Gasteiger partial charge in [0.2, 0.25) is 5.76 Å². The molecule has 0 fully saturated rings. The molecule has 0 radical (unpaired) electrons. The average molecular weight is 365 g/mol. The third-order valence-electron chi connectivity index (χ3n) is 3.26. The summed E-state index contributed by atoms with van der Waals surface area (Å²) in [5.41, 5.74) is 0.744. The van der Waals surface area contributed by atoms with E-state index in [1.165, 1.54) is 13.0 Å². The van der Waals surface area contributed by atoms with Gasteiger partial charge in [0.15, 0.2) is 5.69 Å². The first-order valence-corrected chi connectivity index (χ1v) is 7.55. The lowest BCUT2D eigenvalue weighted by Gasteiger charge is -2.00. The molecule has 0 unspecified atom stereocenters. The van der Waals surface area contributed by atoms with Gasteiger partial charge in [0, 0.05) is 10.6 Å². The summed E-state index contributed by atoms with van der Waals surface area (Å²) in [6.45, 7) is 1.51. The molecule has 0 aliphatic carbocycles. The molecule has 122 valence electrons. The largest absolute Gasteiger partial charge is 0.457 e. The molecule has 8 heteroatoms. The maximum atomic E-state index is 11.0. The van der Waals surface area contributed by atoms with Gasteiger partial charge in [0.05, 0.1) is 9.95 Å². The van der Waals surface area contributed by atoms with Gasteiger partial charge in [0.1, 0.15) is 11.5 Å². The number of hydrogen-bond acceptors (Lipinski definition) is 5. The van der Waals surface area contributed by atoms with Crippen LogP contribution in [0.2, 0.25) is 10.0 Å². The average Bonchev–Trinajstić information content (AvgIpc) is 3.11. The second-order valence-electron chi connectivity index (χ2n) is 4.90. The Labute approximate surface area is 146 Å². The molecule has 0 aliphatic rings.